The first-order chi connectivity index (χ1) is 10.8. The summed E-state index contributed by atoms with van der Waals surface area (Å²) in [6.45, 7) is 0. The van der Waals surface area contributed by atoms with Crippen molar-refractivity contribution in [2.45, 2.75) is 25.1 Å². The van der Waals surface area contributed by atoms with Crippen LogP contribution < -0.4 is 10.6 Å². The minimum absolute atomic E-state index is 0.170. The summed E-state index contributed by atoms with van der Waals surface area (Å²) < 4.78 is 38.8. The summed E-state index contributed by atoms with van der Waals surface area (Å²) in [5.74, 6) is 0.640. The summed E-state index contributed by atoms with van der Waals surface area (Å²) in [6, 6.07) is 3.87. The molecule has 0 atom stereocenters. The van der Waals surface area contributed by atoms with Gasteiger partial charge in [0.05, 0.1) is 11.8 Å². The Morgan fingerprint density at radius 3 is 2.61 bits per heavy atom. The molecule has 0 saturated heterocycles. The highest BCUT2D eigenvalue weighted by Gasteiger charge is 2.31. The van der Waals surface area contributed by atoms with Crippen LogP contribution in [0.15, 0.2) is 28.9 Å². The number of rotatable bonds is 4. The number of nitrogens with zero attached hydrogens (tertiary/aromatic N) is 2. The highest BCUT2D eigenvalue weighted by molar-refractivity contribution is 9.10. The highest BCUT2D eigenvalue weighted by Crippen LogP contribution is 2.34. The Balaban J connectivity index is 1.85. The first kappa shape index (κ1) is 16.3. The van der Waals surface area contributed by atoms with Crippen LogP contribution in [0.2, 0.25) is 5.02 Å². The van der Waals surface area contributed by atoms with Crippen molar-refractivity contribution in [3.63, 3.8) is 0 Å². The third-order valence-corrected chi connectivity index (χ3v) is 3.88. The fourth-order valence-corrected chi connectivity index (χ4v) is 2.54. The molecule has 0 spiro atoms. The maximum absolute atomic E-state index is 12.8. The second-order valence-electron chi connectivity index (χ2n) is 5.16. The lowest BCUT2D eigenvalue weighted by Gasteiger charge is -2.12. The number of nitrogens with one attached hydrogen (secondary N) is 2. The summed E-state index contributed by atoms with van der Waals surface area (Å²) in [5, 5.41) is 6.28. The quantitative estimate of drug-likeness (QED) is 0.729. The van der Waals surface area contributed by atoms with Gasteiger partial charge >= 0.3 is 6.18 Å². The number of halogens is 5. The first-order valence-electron chi connectivity index (χ1n) is 6.75. The number of alkyl halides is 3. The molecule has 23 heavy (non-hydrogen) atoms. The van der Waals surface area contributed by atoms with Gasteiger partial charge in [0.25, 0.3) is 0 Å². The van der Waals surface area contributed by atoms with Gasteiger partial charge in [0.1, 0.15) is 5.02 Å². The second kappa shape index (κ2) is 6.16. The highest BCUT2D eigenvalue weighted by atomic mass is 79.9. The van der Waals surface area contributed by atoms with Crippen LogP contribution in [0, 0.1) is 0 Å². The summed E-state index contributed by atoms with van der Waals surface area (Å²) in [6.07, 6.45) is -0.933. The first-order valence-corrected chi connectivity index (χ1v) is 7.92. The van der Waals surface area contributed by atoms with Crippen molar-refractivity contribution in [3.05, 3.63) is 39.5 Å². The standard InChI is InChI=1S/C14H11BrClF3N4/c15-8-3-7(14(17,18)19)4-10(5-8)22-13-20-6-11(16)12(23-13)21-9-1-2-9/h3-6,9H,1-2H2,(H2,20,21,22,23). The van der Waals surface area contributed by atoms with E-state index in [0.29, 0.717) is 21.4 Å². The van der Waals surface area contributed by atoms with Gasteiger partial charge in [0.2, 0.25) is 5.95 Å². The van der Waals surface area contributed by atoms with Crippen molar-refractivity contribution in [1.82, 2.24) is 9.97 Å². The van der Waals surface area contributed by atoms with Gasteiger partial charge in [0, 0.05) is 16.2 Å². The van der Waals surface area contributed by atoms with Gasteiger partial charge in [-0.2, -0.15) is 18.2 Å². The summed E-state index contributed by atoms with van der Waals surface area (Å²) in [4.78, 5) is 8.20. The van der Waals surface area contributed by atoms with E-state index < -0.39 is 11.7 Å². The number of anilines is 3. The molecule has 0 aliphatic heterocycles. The van der Waals surface area contributed by atoms with E-state index in [0.717, 1.165) is 25.0 Å². The van der Waals surface area contributed by atoms with Crippen molar-refractivity contribution in [1.29, 1.82) is 0 Å². The number of hydrogen-bond acceptors (Lipinski definition) is 4. The largest absolute Gasteiger partial charge is 0.416 e. The Morgan fingerprint density at radius 1 is 1.22 bits per heavy atom. The van der Waals surface area contributed by atoms with Crippen molar-refractivity contribution < 1.29 is 13.2 Å². The lowest BCUT2D eigenvalue weighted by atomic mass is 10.2. The molecule has 1 fully saturated rings. The molecule has 2 aromatic rings. The normalized spacial score (nSPS) is 14.7. The molecule has 9 heteroatoms. The smallest absolute Gasteiger partial charge is 0.366 e. The van der Waals surface area contributed by atoms with Gasteiger partial charge in [-0.1, -0.05) is 27.5 Å². The zero-order valence-corrected chi connectivity index (χ0v) is 13.9. The molecule has 2 N–H and O–H groups in total. The number of hydrogen-bond donors (Lipinski definition) is 2. The molecule has 1 aromatic carbocycles. The monoisotopic (exact) mass is 406 g/mol. The summed E-state index contributed by atoms with van der Waals surface area (Å²) in [7, 11) is 0. The molecule has 1 heterocycles. The minimum atomic E-state index is -4.43. The lowest BCUT2D eigenvalue weighted by Crippen LogP contribution is -2.08. The van der Waals surface area contributed by atoms with E-state index in [1.165, 1.54) is 12.3 Å². The molecular formula is C14H11BrClF3N4. The Morgan fingerprint density at radius 2 is 1.96 bits per heavy atom. The van der Waals surface area contributed by atoms with Crippen LogP contribution in [0.1, 0.15) is 18.4 Å². The third kappa shape index (κ3) is 4.26. The van der Waals surface area contributed by atoms with E-state index in [2.05, 4.69) is 36.5 Å². The molecular weight excluding hydrogens is 397 g/mol. The molecule has 1 aliphatic rings. The van der Waals surface area contributed by atoms with Crippen molar-refractivity contribution >= 4 is 45.0 Å². The van der Waals surface area contributed by atoms with Crippen LogP contribution >= 0.6 is 27.5 Å². The van der Waals surface area contributed by atoms with E-state index >= 15 is 0 Å². The second-order valence-corrected chi connectivity index (χ2v) is 6.48. The van der Waals surface area contributed by atoms with Crippen molar-refractivity contribution in [2.24, 2.45) is 0 Å². The van der Waals surface area contributed by atoms with Gasteiger partial charge in [-0.05, 0) is 31.0 Å². The molecule has 4 nitrogen and oxygen atoms in total. The number of aromatic nitrogens is 2. The van der Waals surface area contributed by atoms with Gasteiger partial charge in [-0.25, -0.2) is 4.98 Å². The molecule has 0 radical (unpaired) electrons. The van der Waals surface area contributed by atoms with Gasteiger partial charge in [-0.3, -0.25) is 0 Å². The molecule has 0 unspecified atom stereocenters. The Bertz CT molecular complexity index is 734. The minimum Gasteiger partial charge on any atom is -0.366 e. The maximum atomic E-state index is 12.8. The van der Waals surface area contributed by atoms with Gasteiger partial charge in [0.15, 0.2) is 5.82 Å². The van der Waals surface area contributed by atoms with E-state index in [1.807, 2.05) is 0 Å². The van der Waals surface area contributed by atoms with E-state index in [9.17, 15) is 13.2 Å². The fraction of sp³-hybridized carbons (Fsp3) is 0.286. The van der Waals surface area contributed by atoms with Crippen LogP contribution in [0.3, 0.4) is 0 Å². The average Bonchev–Trinajstić information content (AvgIpc) is 3.25. The molecule has 122 valence electrons. The zero-order chi connectivity index (χ0) is 16.6. The molecule has 0 amide bonds. The van der Waals surface area contributed by atoms with Gasteiger partial charge < -0.3 is 10.6 Å². The Hall–Kier alpha value is -1.54. The van der Waals surface area contributed by atoms with Gasteiger partial charge in [-0.15, -0.1) is 0 Å². The predicted molar refractivity (Wildman–Crippen MR) is 86.1 cm³/mol. The molecule has 3 rings (SSSR count). The number of benzene rings is 1. The maximum Gasteiger partial charge on any atom is 0.416 e. The topological polar surface area (TPSA) is 49.8 Å². The molecule has 0 bridgehead atoms. The van der Waals surface area contributed by atoms with Crippen molar-refractivity contribution in [2.75, 3.05) is 10.6 Å². The van der Waals surface area contributed by atoms with E-state index in [4.69, 9.17) is 11.6 Å². The zero-order valence-electron chi connectivity index (χ0n) is 11.6. The van der Waals surface area contributed by atoms with Crippen LogP contribution in [-0.4, -0.2) is 16.0 Å². The van der Waals surface area contributed by atoms with Crippen LogP contribution in [-0.2, 0) is 6.18 Å². The van der Waals surface area contributed by atoms with Crippen LogP contribution in [0.5, 0.6) is 0 Å². The summed E-state index contributed by atoms with van der Waals surface area (Å²) >= 11 is 9.08. The molecule has 1 aliphatic carbocycles. The van der Waals surface area contributed by atoms with E-state index in [1.54, 1.807) is 0 Å². The Labute approximate surface area is 143 Å². The lowest BCUT2D eigenvalue weighted by molar-refractivity contribution is -0.137. The van der Waals surface area contributed by atoms with Crippen LogP contribution in [0.25, 0.3) is 0 Å². The van der Waals surface area contributed by atoms with Crippen molar-refractivity contribution in [3.8, 4) is 0 Å². The molecule has 1 saturated carbocycles. The van der Waals surface area contributed by atoms with E-state index in [-0.39, 0.29) is 11.6 Å². The van der Waals surface area contributed by atoms with Crippen LogP contribution in [0.4, 0.5) is 30.6 Å². The Kier molecular flexibility index (Phi) is 4.37. The third-order valence-electron chi connectivity index (χ3n) is 3.14. The fourth-order valence-electron chi connectivity index (χ4n) is 1.90. The summed E-state index contributed by atoms with van der Waals surface area (Å²) in [5.41, 5.74) is -0.536. The predicted octanol–water partition coefficient (Wildman–Crippen LogP) is 5.23. The molecule has 1 aromatic heterocycles. The average molecular weight is 408 g/mol. The SMILES string of the molecule is FC(F)(F)c1cc(Br)cc(Nc2ncc(Cl)c(NC3CC3)n2)c1.